The average Bonchev–Trinajstić information content (AvgIpc) is 3.07. The van der Waals surface area contributed by atoms with Crippen LogP contribution in [0.4, 0.5) is 5.69 Å². The van der Waals surface area contributed by atoms with Gasteiger partial charge in [0, 0.05) is 29.0 Å². The summed E-state index contributed by atoms with van der Waals surface area (Å²) in [6, 6.07) is 18.1. The second kappa shape index (κ2) is 9.65. The van der Waals surface area contributed by atoms with E-state index in [1.165, 1.54) is 15.3 Å². The Morgan fingerprint density at radius 1 is 1.15 bits per heavy atom. The van der Waals surface area contributed by atoms with Crippen LogP contribution in [0.1, 0.15) is 15.3 Å². The number of aryl methyl sites for hydroxylation is 1. The molecule has 0 unspecified atom stereocenters. The quantitative estimate of drug-likeness (QED) is 0.554. The molecule has 0 saturated heterocycles. The lowest BCUT2D eigenvalue weighted by atomic mass is 10.1. The van der Waals surface area contributed by atoms with Gasteiger partial charge < -0.3 is 5.32 Å². The number of anilines is 1. The van der Waals surface area contributed by atoms with E-state index in [-0.39, 0.29) is 5.91 Å². The molecule has 0 atom stereocenters. The summed E-state index contributed by atoms with van der Waals surface area (Å²) in [5, 5.41) is 3.16. The molecule has 27 heavy (non-hydrogen) atoms. The van der Waals surface area contributed by atoms with E-state index >= 15 is 0 Å². The molecule has 0 fully saturated rings. The van der Waals surface area contributed by atoms with Crippen LogP contribution in [0.3, 0.4) is 0 Å². The maximum atomic E-state index is 12.5. The van der Waals surface area contributed by atoms with Crippen LogP contribution in [0.15, 0.2) is 60.8 Å². The maximum absolute atomic E-state index is 12.5. The Balaban J connectivity index is 1.64. The highest BCUT2D eigenvalue weighted by Gasteiger charge is 2.14. The van der Waals surface area contributed by atoms with Crippen molar-refractivity contribution in [1.82, 2.24) is 9.88 Å². The number of benzene rings is 1. The van der Waals surface area contributed by atoms with Gasteiger partial charge in [-0.05, 0) is 43.2 Å². The van der Waals surface area contributed by atoms with Gasteiger partial charge in [0.1, 0.15) is 0 Å². The molecule has 140 valence electrons. The molecular weight excluding hydrogens is 378 g/mol. The summed E-state index contributed by atoms with van der Waals surface area (Å²) in [6.07, 6.45) is 2.50. The molecule has 0 bridgehead atoms. The van der Waals surface area contributed by atoms with Crippen molar-refractivity contribution < 1.29 is 4.79 Å². The lowest BCUT2D eigenvalue weighted by molar-refractivity contribution is -0.117. The van der Waals surface area contributed by atoms with Gasteiger partial charge in [-0.25, -0.2) is 4.98 Å². The molecule has 6 heteroatoms. The number of pyridine rings is 1. The molecule has 0 saturated carbocycles. The van der Waals surface area contributed by atoms with Crippen molar-refractivity contribution in [1.29, 1.82) is 0 Å². The van der Waals surface area contributed by atoms with Crippen LogP contribution < -0.4 is 5.32 Å². The number of carbonyl (C=O) groups excluding carboxylic acids is 1. The van der Waals surface area contributed by atoms with Crippen LogP contribution >= 0.6 is 22.9 Å². The van der Waals surface area contributed by atoms with E-state index in [9.17, 15) is 4.79 Å². The summed E-state index contributed by atoms with van der Waals surface area (Å²) in [4.78, 5) is 21.2. The topological polar surface area (TPSA) is 45.2 Å². The van der Waals surface area contributed by atoms with Gasteiger partial charge in [0.2, 0.25) is 5.91 Å². The van der Waals surface area contributed by atoms with Crippen LogP contribution in [0.5, 0.6) is 0 Å². The Bertz CT molecular complexity index is 882. The van der Waals surface area contributed by atoms with Gasteiger partial charge >= 0.3 is 0 Å². The van der Waals surface area contributed by atoms with Gasteiger partial charge in [-0.1, -0.05) is 41.9 Å². The number of hydrogen-bond acceptors (Lipinski definition) is 4. The number of thiophene rings is 1. The number of nitrogens with one attached hydrogen (secondary N) is 1. The first kappa shape index (κ1) is 19.5. The highest BCUT2D eigenvalue weighted by molar-refractivity contribution is 7.11. The Morgan fingerprint density at radius 3 is 2.67 bits per heavy atom. The van der Waals surface area contributed by atoms with Crippen molar-refractivity contribution >= 4 is 34.5 Å². The minimum Gasteiger partial charge on any atom is -0.322 e. The molecule has 3 aromatic rings. The normalized spacial score (nSPS) is 10.9. The lowest BCUT2D eigenvalue weighted by Gasteiger charge is -2.21. The largest absolute Gasteiger partial charge is 0.322 e. The average molecular weight is 400 g/mol. The monoisotopic (exact) mass is 399 g/mol. The number of nitrogens with zero attached hydrogens (tertiary/aromatic N) is 2. The number of rotatable bonds is 8. The summed E-state index contributed by atoms with van der Waals surface area (Å²) in [7, 11) is 0. The third-order valence-corrected chi connectivity index (χ3v) is 5.42. The first-order valence-electron chi connectivity index (χ1n) is 8.82. The van der Waals surface area contributed by atoms with E-state index < -0.39 is 0 Å². The second-order valence-corrected chi connectivity index (χ2v) is 8.08. The smallest absolute Gasteiger partial charge is 0.238 e. The molecule has 1 amide bonds. The predicted molar refractivity (Wildman–Crippen MR) is 112 cm³/mol. The highest BCUT2D eigenvalue weighted by atomic mass is 35.5. The van der Waals surface area contributed by atoms with Crippen molar-refractivity contribution in [3.8, 4) is 0 Å². The molecule has 0 radical (unpaired) electrons. The number of halogens is 1. The van der Waals surface area contributed by atoms with Crippen LogP contribution in [0.25, 0.3) is 0 Å². The summed E-state index contributed by atoms with van der Waals surface area (Å²) >= 11 is 7.81. The summed E-state index contributed by atoms with van der Waals surface area (Å²) in [5.74, 6) is -0.0914. The SMILES string of the molecule is Cc1ccc(CN(CCc2ccccc2)CC(=O)Nc2cccnc2Cl)s1. The molecule has 3 rings (SSSR count). The molecule has 0 aliphatic heterocycles. The predicted octanol–water partition coefficient (Wildman–Crippen LogP) is 4.79. The van der Waals surface area contributed by atoms with Gasteiger partial charge in [-0.3, -0.25) is 9.69 Å². The van der Waals surface area contributed by atoms with E-state index in [0.717, 1.165) is 19.5 Å². The molecule has 0 aliphatic carbocycles. The zero-order valence-electron chi connectivity index (χ0n) is 15.2. The number of hydrogen-bond donors (Lipinski definition) is 1. The Kier molecular flexibility index (Phi) is 6.98. The lowest BCUT2D eigenvalue weighted by Crippen LogP contribution is -2.34. The third-order valence-electron chi connectivity index (χ3n) is 4.14. The van der Waals surface area contributed by atoms with Gasteiger partial charge in [0.25, 0.3) is 0 Å². The molecule has 0 spiro atoms. The Labute approximate surface area is 168 Å². The van der Waals surface area contributed by atoms with Crippen LogP contribution in [0.2, 0.25) is 5.15 Å². The molecule has 0 aliphatic rings. The van der Waals surface area contributed by atoms with Gasteiger partial charge in [0.15, 0.2) is 5.15 Å². The summed E-state index contributed by atoms with van der Waals surface area (Å²) in [6.45, 7) is 3.95. The van der Waals surface area contributed by atoms with Crippen LogP contribution in [-0.4, -0.2) is 28.9 Å². The Morgan fingerprint density at radius 2 is 1.96 bits per heavy atom. The minimum atomic E-state index is -0.0914. The van der Waals surface area contributed by atoms with Crippen molar-refractivity contribution in [2.75, 3.05) is 18.4 Å². The summed E-state index contributed by atoms with van der Waals surface area (Å²) < 4.78 is 0. The molecule has 1 aromatic carbocycles. The van der Waals surface area contributed by atoms with E-state index in [4.69, 9.17) is 11.6 Å². The van der Waals surface area contributed by atoms with E-state index in [1.54, 1.807) is 29.7 Å². The van der Waals surface area contributed by atoms with Gasteiger partial charge in [-0.15, -0.1) is 11.3 Å². The maximum Gasteiger partial charge on any atom is 0.238 e. The van der Waals surface area contributed by atoms with Crippen LogP contribution in [0, 0.1) is 6.92 Å². The van der Waals surface area contributed by atoms with E-state index in [2.05, 4.69) is 46.4 Å². The van der Waals surface area contributed by atoms with Crippen LogP contribution in [-0.2, 0) is 17.8 Å². The van der Waals surface area contributed by atoms with Gasteiger partial charge in [0.05, 0.1) is 12.2 Å². The molecule has 2 heterocycles. The number of carbonyl (C=O) groups is 1. The fourth-order valence-electron chi connectivity index (χ4n) is 2.81. The first-order valence-corrected chi connectivity index (χ1v) is 10.0. The third kappa shape index (κ3) is 6.17. The van der Waals surface area contributed by atoms with Crippen molar-refractivity contribution in [2.45, 2.75) is 19.9 Å². The zero-order chi connectivity index (χ0) is 19.1. The fraction of sp³-hybridized carbons (Fsp3) is 0.238. The molecule has 4 nitrogen and oxygen atoms in total. The van der Waals surface area contributed by atoms with Crippen molar-refractivity contribution in [3.05, 3.63) is 81.3 Å². The number of amides is 1. The first-order chi connectivity index (χ1) is 13.1. The second-order valence-electron chi connectivity index (χ2n) is 6.35. The summed E-state index contributed by atoms with van der Waals surface area (Å²) in [5.41, 5.74) is 1.81. The minimum absolute atomic E-state index is 0.0914. The fourth-order valence-corrected chi connectivity index (χ4v) is 3.91. The van der Waals surface area contributed by atoms with E-state index in [1.807, 2.05) is 18.2 Å². The molecule has 2 aromatic heterocycles. The molecule has 1 N–H and O–H groups in total. The zero-order valence-corrected chi connectivity index (χ0v) is 16.8. The van der Waals surface area contributed by atoms with E-state index in [0.29, 0.717) is 17.4 Å². The van der Waals surface area contributed by atoms with Gasteiger partial charge in [-0.2, -0.15) is 0 Å². The van der Waals surface area contributed by atoms with Crippen molar-refractivity contribution in [3.63, 3.8) is 0 Å². The van der Waals surface area contributed by atoms with Crippen molar-refractivity contribution in [2.24, 2.45) is 0 Å². The Hall–Kier alpha value is -2.21. The highest BCUT2D eigenvalue weighted by Crippen LogP contribution is 2.19. The number of aromatic nitrogens is 1. The molecular formula is C21H22ClN3OS. The standard InChI is InChI=1S/C21H22ClN3OS/c1-16-9-10-18(27-16)14-25(13-11-17-6-3-2-4-7-17)15-20(26)24-19-8-5-12-23-21(19)22/h2-10,12H,11,13-15H2,1H3,(H,24,26).